The first-order valence-electron chi connectivity index (χ1n) is 11.1. The number of carboxylic acids is 2. The summed E-state index contributed by atoms with van der Waals surface area (Å²) in [6.45, 7) is 1.37. The quantitative estimate of drug-likeness (QED) is 0.168. The van der Waals surface area contributed by atoms with Gasteiger partial charge >= 0.3 is 17.9 Å². The second kappa shape index (κ2) is 13.1. The van der Waals surface area contributed by atoms with E-state index in [-0.39, 0.29) is 35.7 Å². The molecule has 1 aliphatic carbocycles. The van der Waals surface area contributed by atoms with E-state index in [1.165, 1.54) is 11.8 Å². The molecule has 0 aromatic rings. The number of carbonyl (C=O) groups is 5. The van der Waals surface area contributed by atoms with E-state index in [4.69, 9.17) is 20.7 Å². The summed E-state index contributed by atoms with van der Waals surface area (Å²) in [4.78, 5) is 58.9. The largest absolute Gasteiger partial charge is 0.480 e. The number of thioether (sulfide) groups is 1. The Hall–Kier alpha value is -2.86. The highest BCUT2D eigenvalue weighted by Crippen LogP contribution is 2.40. The van der Waals surface area contributed by atoms with Gasteiger partial charge in [-0.1, -0.05) is 25.5 Å². The zero-order valence-electron chi connectivity index (χ0n) is 19.0. The van der Waals surface area contributed by atoms with Gasteiger partial charge < -0.3 is 31.3 Å². The van der Waals surface area contributed by atoms with Crippen LogP contribution < -0.4 is 16.4 Å². The Morgan fingerprint density at radius 2 is 2.00 bits per heavy atom. The van der Waals surface area contributed by atoms with Crippen LogP contribution >= 0.6 is 11.8 Å². The Kier molecular flexibility index (Phi) is 10.6. The summed E-state index contributed by atoms with van der Waals surface area (Å²) in [5.41, 5.74) is 6.36. The van der Waals surface area contributed by atoms with Crippen molar-refractivity contribution in [2.75, 3.05) is 12.3 Å². The number of ether oxygens (including phenoxy) is 1. The molecule has 4 atom stereocenters. The van der Waals surface area contributed by atoms with Gasteiger partial charge in [0, 0.05) is 12.2 Å². The molecule has 6 N–H and O–H groups in total. The predicted molar refractivity (Wildman–Crippen MR) is 124 cm³/mol. The van der Waals surface area contributed by atoms with Crippen LogP contribution in [0.3, 0.4) is 0 Å². The average Bonchev–Trinajstić information content (AvgIpc) is 3.14. The SMILES string of the molecule is CCCC(SCC(NC(=O)CCC(N)C(=O)O)C(=O)NCC(=O)O)C1=C2CCC=CC2C(=O)O1. The monoisotopic (exact) mass is 497 g/mol. The lowest BCUT2D eigenvalue weighted by Gasteiger charge is -2.23. The number of cyclic esters (lactones) is 1. The van der Waals surface area contributed by atoms with Crippen LogP contribution in [0.5, 0.6) is 0 Å². The number of carboxylic acid groups (broad SMARTS) is 2. The fraction of sp³-hybridized carbons (Fsp3) is 0.591. The van der Waals surface area contributed by atoms with Gasteiger partial charge in [0.2, 0.25) is 11.8 Å². The molecule has 1 heterocycles. The van der Waals surface area contributed by atoms with Crippen LogP contribution in [-0.2, 0) is 28.7 Å². The standard InChI is InChI=1S/C22H31N3O8S/c1-2-5-16(19-12-6-3-4-7-13(12)22(32)33-19)34-11-15(20(29)24-10-18(27)28)25-17(26)9-8-14(23)21(30)31/h4,7,13-16H,2-3,5-6,8-11,23H2,1H3,(H,24,29)(H,25,26)(H,27,28)(H,30,31). The first-order valence-corrected chi connectivity index (χ1v) is 12.2. The number of allylic oxidation sites excluding steroid dienone is 1. The van der Waals surface area contributed by atoms with Crippen LogP contribution in [0.25, 0.3) is 0 Å². The van der Waals surface area contributed by atoms with E-state index < -0.39 is 42.4 Å². The number of aliphatic carboxylic acids is 2. The minimum atomic E-state index is -1.24. The molecular formula is C22H31N3O8S. The molecule has 0 radical (unpaired) electrons. The summed E-state index contributed by atoms with van der Waals surface area (Å²) in [5.74, 6) is -3.72. The van der Waals surface area contributed by atoms with E-state index in [1.807, 2.05) is 19.1 Å². The summed E-state index contributed by atoms with van der Waals surface area (Å²) in [5, 5.41) is 22.3. The van der Waals surface area contributed by atoms with E-state index in [0.29, 0.717) is 18.6 Å². The van der Waals surface area contributed by atoms with Crippen molar-refractivity contribution in [1.82, 2.24) is 10.6 Å². The summed E-state index contributed by atoms with van der Waals surface area (Å²) >= 11 is 1.34. The minimum absolute atomic E-state index is 0.0989. The Balaban J connectivity index is 2.10. The predicted octanol–water partition coefficient (Wildman–Crippen LogP) is 0.543. The number of rotatable bonds is 14. The number of hydrogen-bond donors (Lipinski definition) is 5. The van der Waals surface area contributed by atoms with E-state index in [9.17, 15) is 24.0 Å². The lowest BCUT2D eigenvalue weighted by Crippen LogP contribution is -2.49. The molecule has 0 aromatic heterocycles. The van der Waals surface area contributed by atoms with Crippen LogP contribution in [0.15, 0.2) is 23.5 Å². The van der Waals surface area contributed by atoms with E-state index in [1.54, 1.807) is 0 Å². The van der Waals surface area contributed by atoms with Gasteiger partial charge in [0.1, 0.15) is 24.4 Å². The first-order chi connectivity index (χ1) is 16.1. The van der Waals surface area contributed by atoms with Crippen LogP contribution in [-0.4, -0.2) is 69.6 Å². The Bertz CT molecular complexity index is 872. The molecule has 0 saturated carbocycles. The van der Waals surface area contributed by atoms with Gasteiger partial charge in [0.25, 0.3) is 0 Å². The number of amides is 2. The summed E-state index contributed by atoms with van der Waals surface area (Å²) < 4.78 is 5.60. The van der Waals surface area contributed by atoms with Gasteiger partial charge in [-0.3, -0.25) is 24.0 Å². The zero-order chi connectivity index (χ0) is 25.3. The third kappa shape index (κ3) is 7.87. The zero-order valence-corrected chi connectivity index (χ0v) is 19.8. The van der Waals surface area contributed by atoms with Gasteiger partial charge in [0.15, 0.2) is 0 Å². The van der Waals surface area contributed by atoms with Crippen molar-refractivity contribution in [2.24, 2.45) is 11.7 Å². The highest BCUT2D eigenvalue weighted by Gasteiger charge is 2.38. The molecule has 12 heteroatoms. The Morgan fingerprint density at radius 1 is 1.26 bits per heavy atom. The highest BCUT2D eigenvalue weighted by molar-refractivity contribution is 8.00. The lowest BCUT2D eigenvalue weighted by molar-refractivity contribution is -0.140. The van der Waals surface area contributed by atoms with E-state index in [0.717, 1.165) is 18.4 Å². The number of nitrogens with two attached hydrogens (primary N) is 1. The van der Waals surface area contributed by atoms with Gasteiger partial charge in [0.05, 0.1) is 11.2 Å². The van der Waals surface area contributed by atoms with Gasteiger partial charge in [-0.05, 0) is 31.3 Å². The van der Waals surface area contributed by atoms with Crippen LogP contribution in [0.2, 0.25) is 0 Å². The summed E-state index contributed by atoms with van der Waals surface area (Å²) in [6.07, 6.45) is 6.47. The molecule has 2 rings (SSSR count). The van der Waals surface area contributed by atoms with Crippen LogP contribution in [0, 0.1) is 5.92 Å². The third-order valence-corrected chi connectivity index (χ3v) is 6.82. The maximum Gasteiger partial charge on any atom is 0.322 e. The molecule has 188 valence electrons. The topological polar surface area (TPSA) is 185 Å². The van der Waals surface area contributed by atoms with Gasteiger partial charge in [-0.25, -0.2) is 0 Å². The maximum atomic E-state index is 12.6. The first kappa shape index (κ1) is 27.4. The molecule has 0 saturated heterocycles. The molecule has 0 bridgehead atoms. The maximum absolute atomic E-state index is 12.6. The second-order valence-electron chi connectivity index (χ2n) is 8.08. The lowest BCUT2D eigenvalue weighted by atomic mass is 9.90. The molecule has 11 nitrogen and oxygen atoms in total. The molecule has 0 aromatic carbocycles. The fourth-order valence-electron chi connectivity index (χ4n) is 3.66. The minimum Gasteiger partial charge on any atom is -0.480 e. The number of carbonyl (C=O) groups excluding carboxylic acids is 3. The number of nitrogens with one attached hydrogen (secondary N) is 2. The van der Waals surface area contributed by atoms with E-state index >= 15 is 0 Å². The van der Waals surface area contributed by atoms with Crippen molar-refractivity contribution in [3.8, 4) is 0 Å². The van der Waals surface area contributed by atoms with Gasteiger partial charge in [-0.15, -0.1) is 11.8 Å². The van der Waals surface area contributed by atoms with Crippen LogP contribution in [0.1, 0.15) is 45.4 Å². The van der Waals surface area contributed by atoms with Crippen molar-refractivity contribution in [1.29, 1.82) is 0 Å². The smallest absolute Gasteiger partial charge is 0.322 e. The molecule has 2 aliphatic rings. The van der Waals surface area contributed by atoms with E-state index in [2.05, 4.69) is 10.6 Å². The highest BCUT2D eigenvalue weighted by atomic mass is 32.2. The van der Waals surface area contributed by atoms with Crippen molar-refractivity contribution in [3.05, 3.63) is 23.5 Å². The van der Waals surface area contributed by atoms with Gasteiger partial charge in [-0.2, -0.15) is 0 Å². The third-order valence-electron chi connectivity index (χ3n) is 5.44. The van der Waals surface area contributed by atoms with Crippen molar-refractivity contribution in [3.63, 3.8) is 0 Å². The molecular weight excluding hydrogens is 466 g/mol. The van der Waals surface area contributed by atoms with Crippen molar-refractivity contribution in [2.45, 2.75) is 62.8 Å². The molecule has 34 heavy (non-hydrogen) atoms. The normalized spacial score (nSPS) is 19.6. The molecule has 0 spiro atoms. The molecule has 4 unspecified atom stereocenters. The number of hydrogen-bond acceptors (Lipinski definition) is 8. The fourth-order valence-corrected chi connectivity index (χ4v) is 5.07. The van der Waals surface area contributed by atoms with Crippen molar-refractivity contribution >= 4 is 41.5 Å². The summed E-state index contributed by atoms with van der Waals surface area (Å²) in [6, 6.07) is -2.28. The average molecular weight is 498 g/mol. The van der Waals surface area contributed by atoms with Crippen LogP contribution in [0.4, 0.5) is 0 Å². The number of esters is 1. The van der Waals surface area contributed by atoms with Crippen molar-refractivity contribution < 1.29 is 38.9 Å². The summed E-state index contributed by atoms with van der Waals surface area (Å²) in [7, 11) is 0. The molecule has 2 amide bonds. The Morgan fingerprint density at radius 3 is 2.65 bits per heavy atom. The molecule has 1 aliphatic heterocycles. The Labute approximate surface area is 201 Å². The second-order valence-corrected chi connectivity index (χ2v) is 9.32. The number of fused-ring (bicyclic) bond motifs is 1. The molecule has 0 fully saturated rings.